The van der Waals surface area contributed by atoms with Crippen molar-refractivity contribution in [2.75, 3.05) is 12.3 Å². The van der Waals surface area contributed by atoms with Gasteiger partial charge in [0.15, 0.2) is 5.17 Å². The minimum Gasteiger partial charge on any atom is -0.359 e. The maximum Gasteiger partial charge on any atom is 0.157 e. The fourth-order valence-electron chi connectivity index (χ4n) is 3.93. The van der Waals surface area contributed by atoms with E-state index in [-0.39, 0.29) is 0 Å². The Labute approximate surface area is 122 Å². The second kappa shape index (κ2) is 5.31. The molecule has 3 rings (SSSR count). The van der Waals surface area contributed by atoms with Gasteiger partial charge in [-0.25, -0.2) is 0 Å². The molecule has 0 radical (unpaired) electrons. The quantitative estimate of drug-likeness (QED) is 0.834. The molecule has 2 atom stereocenters. The number of aliphatic imine (C=N–C) groups is 1. The van der Waals surface area contributed by atoms with Crippen molar-refractivity contribution in [2.45, 2.75) is 70.8 Å². The Kier molecular flexibility index (Phi) is 3.85. The normalized spacial score (nSPS) is 38.6. The van der Waals surface area contributed by atoms with E-state index in [1.54, 1.807) is 0 Å². The molecule has 1 N–H and O–H groups in total. The van der Waals surface area contributed by atoms with Crippen LogP contribution in [0.15, 0.2) is 4.99 Å². The number of rotatable bonds is 4. The number of nitrogens with zero attached hydrogens (tertiary/aromatic N) is 1. The standard InChI is InChI=1S/C16H28N2S/c1-3-6-15(8-9-15)11-17-14-18-16(12-19-14)7-4-5-13(2)10-16/h13H,3-12H2,1-2H3,(H,17,18). The van der Waals surface area contributed by atoms with E-state index in [1.165, 1.54) is 62.3 Å². The van der Waals surface area contributed by atoms with Crippen molar-refractivity contribution in [1.29, 1.82) is 0 Å². The zero-order chi connectivity index (χ0) is 13.3. The number of amidine groups is 1. The van der Waals surface area contributed by atoms with Gasteiger partial charge in [-0.15, -0.1) is 0 Å². The largest absolute Gasteiger partial charge is 0.359 e. The van der Waals surface area contributed by atoms with E-state index in [4.69, 9.17) is 4.99 Å². The molecule has 0 aromatic carbocycles. The van der Waals surface area contributed by atoms with Crippen LogP contribution < -0.4 is 5.32 Å². The highest BCUT2D eigenvalue weighted by atomic mass is 32.2. The van der Waals surface area contributed by atoms with Gasteiger partial charge in [0.05, 0.1) is 0 Å². The maximum atomic E-state index is 4.92. The van der Waals surface area contributed by atoms with Crippen molar-refractivity contribution in [3.05, 3.63) is 0 Å². The molecule has 1 heterocycles. The van der Waals surface area contributed by atoms with E-state index in [1.807, 2.05) is 11.8 Å². The molecule has 3 aliphatic rings. The second-order valence-electron chi connectivity index (χ2n) is 7.27. The van der Waals surface area contributed by atoms with Crippen LogP contribution in [0.3, 0.4) is 0 Å². The van der Waals surface area contributed by atoms with Gasteiger partial charge < -0.3 is 5.32 Å². The first-order valence-electron chi connectivity index (χ1n) is 8.11. The van der Waals surface area contributed by atoms with Crippen LogP contribution in [0.25, 0.3) is 0 Å². The molecule has 2 unspecified atom stereocenters. The van der Waals surface area contributed by atoms with Crippen LogP contribution in [0.1, 0.15) is 65.2 Å². The molecule has 3 fully saturated rings. The van der Waals surface area contributed by atoms with Gasteiger partial charge in [-0.2, -0.15) is 0 Å². The van der Waals surface area contributed by atoms with Gasteiger partial charge in [-0.05, 0) is 43.4 Å². The number of hydrogen-bond donors (Lipinski definition) is 1. The van der Waals surface area contributed by atoms with E-state index in [9.17, 15) is 0 Å². The lowest BCUT2D eigenvalue weighted by Crippen LogP contribution is -2.47. The molecule has 2 nitrogen and oxygen atoms in total. The van der Waals surface area contributed by atoms with Gasteiger partial charge in [0.1, 0.15) is 0 Å². The third-order valence-electron chi connectivity index (χ3n) is 5.24. The molecule has 1 spiro atoms. The molecule has 1 saturated heterocycles. The molecule has 108 valence electrons. The van der Waals surface area contributed by atoms with Crippen molar-refractivity contribution < 1.29 is 0 Å². The zero-order valence-electron chi connectivity index (χ0n) is 12.5. The number of nitrogens with one attached hydrogen (secondary N) is 1. The maximum absolute atomic E-state index is 4.92. The van der Waals surface area contributed by atoms with E-state index in [2.05, 4.69) is 19.2 Å². The van der Waals surface area contributed by atoms with Crippen LogP contribution in [0.4, 0.5) is 0 Å². The summed E-state index contributed by atoms with van der Waals surface area (Å²) in [4.78, 5) is 4.92. The fraction of sp³-hybridized carbons (Fsp3) is 0.938. The van der Waals surface area contributed by atoms with Crippen LogP contribution in [0, 0.1) is 11.3 Å². The van der Waals surface area contributed by atoms with Crippen LogP contribution in [0.5, 0.6) is 0 Å². The zero-order valence-corrected chi connectivity index (χ0v) is 13.3. The van der Waals surface area contributed by atoms with Crippen molar-refractivity contribution in [2.24, 2.45) is 16.3 Å². The summed E-state index contributed by atoms with van der Waals surface area (Å²) < 4.78 is 0. The van der Waals surface area contributed by atoms with Gasteiger partial charge in [0.25, 0.3) is 0 Å². The van der Waals surface area contributed by atoms with Gasteiger partial charge >= 0.3 is 0 Å². The average molecular weight is 280 g/mol. The topological polar surface area (TPSA) is 24.4 Å². The molecule has 2 aliphatic carbocycles. The Balaban J connectivity index is 1.56. The SMILES string of the molecule is CCCC1(CN=C2NC3(CCCC(C)C3)CS2)CC1. The molecule has 19 heavy (non-hydrogen) atoms. The molecule has 0 amide bonds. The van der Waals surface area contributed by atoms with Gasteiger partial charge in [0.2, 0.25) is 0 Å². The van der Waals surface area contributed by atoms with Crippen molar-refractivity contribution >= 4 is 16.9 Å². The van der Waals surface area contributed by atoms with E-state index in [0.29, 0.717) is 11.0 Å². The van der Waals surface area contributed by atoms with E-state index in [0.717, 1.165) is 12.5 Å². The molecule has 3 heteroatoms. The summed E-state index contributed by atoms with van der Waals surface area (Å²) in [7, 11) is 0. The summed E-state index contributed by atoms with van der Waals surface area (Å²) >= 11 is 1.98. The van der Waals surface area contributed by atoms with Crippen molar-refractivity contribution in [3.8, 4) is 0 Å². The predicted molar refractivity (Wildman–Crippen MR) is 84.8 cm³/mol. The summed E-state index contributed by atoms with van der Waals surface area (Å²) in [6, 6.07) is 0. The Morgan fingerprint density at radius 3 is 2.89 bits per heavy atom. The molecule has 0 aromatic heterocycles. The molecular formula is C16H28N2S. The lowest BCUT2D eigenvalue weighted by molar-refractivity contribution is 0.242. The van der Waals surface area contributed by atoms with Crippen LogP contribution >= 0.6 is 11.8 Å². The first-order chi connectivity index (χ1) is 9.15. The first-order valence-corrected chi connectivity index (χ1v) is 9.09. The van der Waals surface area contributed by atoms with Crippen LogP contribution in [-0.4, -0.2) is 23.0 Å². The molecule has 0 aromatic rings. The highest BCUT2D eigenvalue weighted by Crippen LogP contribution is 2.50. The lowest BCUT2D eigenvalue weighted by Gasteiger charge is -2.36. The lowest BCUT2D eigenvalue weighted by atomic mass is 9.78. The first kappa shape index (κ1) is 13.8. The van der Waals surface area contributed by atoms with Crippen LogP contribution in [0.2, 0.25) is 0 Å². The summed E-state index contributed by atoms with van der Waals surface area (Å²) in [6.45, 7) is 5.78. The fourth-order valence-corrected chi connectivity index (χ4v) is 5.12. The summed E-state index contributed by atoms with van der Waals surface area (Å²) in [6.07, 6.45) is 11.0. The van der Waals surface area contributed by atoms with Crippen molar-refractivity contribution in [3.63, 3.8) is 0 Å². The molecular weight excluding hydrogens is 252 g/mol. The van der Waals surface area contributed by atoms with E-state index >= 15 is 0 Å². The highest BCUT2D eigenvalue weighted by Gasteiger charge is 2.43. The number of thioether (sulfide) groups is 1. The van der Waals surface area contributed by atoms with Crippen molar-refractivity contribution in [1.82, 2.24) is 5.32 Å². The molecule has 1 aliphatic heterocycles. The smallest absolute Gasteiger partial charge is 0.157 e. The van der Waals surface area contributed by atoms with Gasteiger partial charge in [-0.3, -0.25) is 4.99 Å². The molecule has 0 bridgehead atoms. The summed E-state index contributed by atoms with van der Waals surface area (Å²) in [5, 5.41) is 5.04. The summed E-state index contributed by atoms with van der Waals surface area (Å²) in [5.74, 6) is 2.13. The van der Waals surface area contributed by atoms with E-state index < -0.39 is 0 Å². The van der Waals surface area contributed by atoms with Crippen LogP contribution in [-0.2, 0) is 0 Å². The molecule has 2 saturated carbocycles. The van der Waals surface area contributed by atoms with Gasteiger partial charge in [-0.1, -0.05) is 44.9 Å². The Hall–Kier alpha value is -0.180. The van der Waals surface area contributed by atoms with Gasteiger partial charge in [0, 0.05) is 17.8 Å². The third-order valence-corrected chi connectivity index (χ3v) is 6.45. The predicted octanol–water partition coefficient (Wildman–Crippen LogP) is 4.21. The monoisotopic (exact) mass is 280 g/mol. The average Bonchev–Trinajstić information content (AvgIpc) is 3.04. The highest BCUT2D eigenvalue weighted by molar-refractivity contribution is 8.14. The Morgan fingerprint density at radius 2 is 2.21 bits per heavy atom. The minimum absolute atomic E-state index is 0.392. The second-order valence-corrected chi connectivity index (χ2v) is 8.23. The third kappa shape index (κ3) is 3.12. The Morgan fingerprint density at radius 1 is 1.37 bits per heavy atom. The minimum atomic E-state index is 0.392. The number of hydrogen-bond acceptors (Lipinski definition) is 2. The summed E-state index contributed by atoms with van der Waals surface area (Å²) in [5.41, 5.74) is 0.988. The Bertz CT molecular complexity index is 362.